The molecule has 0 bridgehead atoms. The molecule has 43 heavy (non-hydrogen) atoms. The molecule has 2 aromatic rings. The number of phenolic OH excluding ortho intramolecular Hbond substituents is 1. The van der Waals surface area contributed by atoms with Crippen molar-refractivity contribution in [3.8, 4) is 5.75 Å². The molecule has 0 aromatic heterocycles. The maximum absolute atomic E-state index is 14.2. The Balaban J connectivity index is 1.57. The van der Waals surface area contributed by atoms with E-state index in [-0.39, 0.29) is 17.3 Å². The quantitative estimate of drug-likeness (QED) is 0.112. The number of benzene rings is 2. The van der Waals surface area contributed by atoms with Gasteiger partial charge in [0.25, 0.3) is 0 Å². The first kappa shape index (κ1) is 35.3. The van der Waals surface area contributed by atoms with Crippen LogP contribution in [0.5, 0.6) is 5.75 Å². The number of nitrogens with zero attached hydrogens (tertiary/aromatic N) is 1. The second kappa shape index (κ2) is 16.3. The minimum atomic E-state index is -4.30. The summed E-state index contributed by atoms with van der Waals surface area (Å²) in [4.78, 5) is 2.08. The zero-order valence-electron chi connectivity index (χ0n) is 25.1. The molecule has 10 heteroatoms. The number of fused-ring (bicyclic) bond motifs is 1. The summed E-state index contributed by atoms with van der Waals surface area (Å²) < 4.78 is 77.0. The molecule has 3 rings (SSSR count). The number of alkyl halides is 3. The van der Waals surface area contributed by atoms with Crippen molar-refractivity contribution in [1.29, 1.82) is 0 Å². The van der Waals surface area contributed by atoms with Gasteiger partial charge < -0.3 is 19.7 Å². The minimum Gasteiger partial charge on any atom is -0.616 e. The summed E-state index contributed by atoms with van der Waals surface area (Å²) in [5.74, 6) is -1.72. The predicted octanol–water partition coefficient (Wildman–Crippen LogP) is 8.03. The van der Waals surface area contributed by atoms with E-state index in [2.05, 4.69) is 4.90 Å². The lowest BCUT2D eigenvalue weighted by atomic mass is 9.89. The van der Waals surface area contributed by atoms with Crippen LogP contribution in [0.15, 0.2) is 36.4 Å². The Labute approximate surface area is 255 Å². The van der Waals surface area contributed by atoms with Crippen molar-refractivity contribution in [3.05, 3.63) is 64.7 Å². The highest BCUT2D eigenvalue weighted by atomic mass is 32.2. The zero-order chi connectivity index (χ0) is 31.6. The van der Waals surface area contributed by atoms with Crippen LogP contribution >= 0.6 is 0 Å². The number of rotatable bonds is 16. The highest BCUT2D eigenvalue weighted by Gasteiger charge is 2.29. The van der Waals surface area contributed by atoms with E-state index in [9.17, 15) is 36.7 Å². The van der Waals surface area contributed by atoms with Gasteiger partial charge in [0.1, 0.15) is 17.3 Å². The summed E-state index contributed by atoms with van der Waals surface area (Å²) in [7, 11) is 0. The molecule has 1 aliphatic rings. The van der Waals surface area contributed by atoms with Gasteiger partial charge in [-0.3, -0.25) is 0 Å². The Kier molecular flexibility index (Phi) is 13.4. The number of allylic oxidation sites excluding steroid dienone is 2. The molecule has 1 unspecified atom stereocenters. The molecular formula is C33H44F5NO3S. The first-order valence-electron chi connectivity index (χ1n) is 15.1. The van der Waals surface area contributed by atoms with Gasteiger partial charge in [-0.15, -0.1) is 0 Å². The van der Waals surface area contributed by atoms with Crippen LogP contribution < -0.4 is 0 Å². The smallest absolute Gasteiger partial charge is 0.393 e. The first-order valence-corrected chi connectivity index (χ1v) is 16.6. The van der Waals surface area contributed by atoms with E-state index >= 15 is 0 Å². The van der Waals surface area contributed by atoms with Crippen molar-refractivity contribution in [2.24, 2.45) is 0 Å². The Bertz CT molecular complexity index is 1210. The average Bonchev–Trinajstić information content (AvgIpc) is 3.08. The van der Waals surface area contributed by atoms with Crippen LogP contribution in [0, 0.1) is 11.6 Å². The number of aromatic hydroxyl groups is 1. The monoisotopic (exact) mass is 629 g/mol. The molecule has 4 nitrogen and oxygen atoms in total. The van der Waals surface area contributed by atoms with Gasteiger partial charge in [0.2, 0.25) is 0 Å². The summed E-state index contributed by atoms with van der Waals surface area (Å²) in [6, 6.07) is 9.41. The van der Waals surface area contributed by atoms with Crippen LogP contribution in [0.1, 0.15) is 88.3 Å². The van der Waals surface area contributed by atoms with Crippen LogP contribution in [0.25, 0.3) is 11.1 Å². The highest BCUT2D eigenvalue weighted by molar-refractivity contribution is 7.91. The van der Waals surface area contributed by atoms with E-state index in [1.165, 1.54) is 6.07 Å². The first-order chi connectivity index (χ1) is 20.2. The SMILES string of the molecule is CC(C)(O)CN(CCCCCCC1=C(c2ccc(F)c(F)c2)CCCc2cc(O)ccc21)CCC[S+]([O-])CCC(F)(F)F. The summed E-state index contributed by atoms with van der Waals surface area (Å²) >= 11 is -1.52. The van der Waals surface area contributed by atoms with Crippen LogP contribution in [-0.4, -0.2) is 62.6 Å². The summed E-state index contributed by atoms with van der Waals surface area (Å²) in [6.07, 6.45) is 1.86. The van der Waals surface area contributed by atoms with Gasteiger partial charge in [0.05, 0.1) is 12.0 Å². The molecule has 0 aliphatic heterocycles. The molecular weight excluding hydrogens is 585 g/mol. The molecule has 0 amide bonds. The number of aryl methyl sites for hydroxylation is 1. The molecule has 240 valence electrons. The highest BCUT2D eigenvalue weighted by Crippen LogP contribution is 2.40. The molecule has 2 aromatic carbocycles. The number of hydrogen-bond donors (Lipinski definition) is 2. The Morgan fingerprint density at radius 2 is 1.60 bits per heavy atom. The fourth-order valence-corrected chi connectivity index (χ4v) is 6.84. The molecule has 1 aliphatic carbocycles. The number of unbranched alkanes of at least 4 members (excludes halogenated alkanes) is 3. The fourth-order valence-electron chi connectivity index (χ4n) is 5.73. The third kappa shape index (κ3) is 12.4. The summed E-state index contributed by atoms with van der Waals surface area (Å²) in [5.41, 5.74) is 3.94. The summed E-state index contributed by atoms with van der Waals surface area (Å²) in [6.45, 7) is 5.10. The Hall–Kier alpha value is -2.14. The second-order valence-corrected chi connectivity index (χ2v) is 13.8. The van der Waals surface area contributed by atoms with Gasteiger partial charge in [-0.25, -0.2) is 8.78 Å². The lowest BCUT2D eigenvalue weighted by molar-refractivity contribution is -0.129. The second-order valence-electron chi connectivity index (χ2n) is 12.1. The van der Waals surface area contributed by atoms with Crippen LogP contribution in [-0.2, 0) is 17.6 Å². The number of hydrogen-bond acceptors (Lipinski definition) is 4. The van der Waals surface area contributed by atoms with Gasteiger partial charge in [0.15, 0.2) is 11.6 Å². The van der Waals surface area contributed by atoms with E-state index in [0.29, 0.717) is 31.6 Å². The maximum atomic E-state index is 14.2. The minimum absolute atomic E-state index is 0.201. The third-order valence-electron chi connectivity index (χ3n) is 7.64. The maximum Gasteiger partial charge on any atom is 0.393 e. The van der Waals surface area contributed by atoms with Gasteiger partial charge in [-0.1, -0.05) is 36.2 Å². The molecule has 0 radical (unpaired) electrons. The van der Waals surface area contributed by atoms with E-state index < -0.39 is 41.0 Å². The van der Waals surface area contributed by atoms with Crippen molar-refractivity contribution >= 4 is 22.3 Å². The fraction of sp³-hybridized carbons (Fsp3) is 0.576. The van der Waals surface area contributed by atoms with Gasteiger partial charge in [-0.05, 0) is 111 Å². The standard InChI is InChI=1S/C33H44F5NO3S/c1-32(2,41)23-39(18-8-19-43(42)20-16-33(36,37)38)17-6-4-3-5-10-29-27(25-12-15-30(34)31(35)22-25)11-7-9-24-21-26(40)13-14-28(24)29/h12-15,21-22,40-41H,3-11,16-20,23H2,1-2H3. The molecule has 0 heterocycles. The lowest BCUT2D eigenvalue weighted by Gasteiger charge is -2.29. The van der Waals surface area contributed by atoms with Crippen LogP contribution in [0.3, 0.4) is 0 Å². The molecule has 0 spiro atoms. The molecule has 0 fully saturated rings. The van der Waals surface area contributed by atoms with Gasteiger partial charge >= 0.3 is 6.18 Å². The molecule has 2 N–H and O–H groups in total. The molecule has 0 saturated carbocycles. The number of phenols is 1. The van der Waals surface area contributed by atoms with Gasteiger partial charge in [-0.2, -0.15) is 13.2 Å². The van der Waals surface area contributed by atoms with Crippen LogP contribution in [0.2, 0.25) is 0 Å². The van der Waals surface area contributed by atoms with E-state index in [4.69, 9.17) is 0 Å². The Morgan fingerprint density at radius 1 is 0.884 bits per heavy atom. The van der Waals surface area contributed by atoms with E-state index in [0.717, 1.165) is 79.7 Å². The topological polar surface area (TPSA) is 66.8 Å². The normalized spacial score (nSPS) is 15.1. The summed E-state index contributed by atoms with van der Waals surface area (Å²) in [5, 5.41) is 20.4. The third-order valence-corrected chi connectivity index (χ3v) is 9.04. The van der Waals surface area contributed by atoms with Crippen molar-refractivity contribution < 1.29 is 36.7 Å². The average molecular weight is 630 g/mol. The van der Waals surface area contributed by atoms with Crippen LogP contribution in [0.4, 0.5) is 22.0 Å². The zero-order valence-corrected chi connectivity index (χ0v) is 25.9. The molecule has 0 saturated heterocycles. The van der Waals surface area contributed by atoms with E-state index in [1.807, 2.05) is 6.07 Å². The van der Waals surface area contributed by atoms with Gasteiger partial charge in [0, 0.05) is 19.5 Å². The molecule has 1 atom stereocenters. The predicted molar refractivity (Wildman–Crippen MR) is 163 cm³/mol. The van der Waals surface area contributed by atoms with Crippen molar-refractivity contribution in [3.63, 3.8) is 0 Å². The van der Waals surface area contributed by atoms with Crippen molar-refractivity contribution in [1.82, 2.24) is 4.90 Å². The number of aliphatic hydroxyl groups is 1. The number of halogens is 5. The van der Waals surface area contributed by atoms with Crippen molar-refractivity contribution in [2.45, 2.75) is 89.8 Å². The largest absolute Gasteiger partial charge is 0.616 e. The van der Waals surface area contributed by atoms with E-state index in [1.54, 1.807) is 32.0 Å². The lowest BCUT2D eigenvalue weighted by Crippen LogP contribution is -2.40. The Morgan fingerprint density at radius 3 is 2.30 bits per heavy atom. The van der Waals surface area contributed by atoms with Crippen molar-refractivity contribution in [2.75, 3.05) is 31.1 Å².